The van der Waals surface area contributed by atoms with Crippen molar-refractivity contribution < 1.29 is 27.9 Å². The smallest absolute Gasteiger partial charge is 0.261 e. The van der Waals surface area contributed by atoms with Crippen molar-refractivity contribution in [1.29, 1.82) is 0 Å². The van der Waals surface area contributed by atoms with Crippen molar-refractivity contribution in [3.8, 4) is 16.9 Å². The number of amides is 1. The van der Waals surface area contributed by atoms with Crippen LogP contribution in [0, 0.1) is 11.6 Å². The van der Waals surface area contributed by atoms with Gasteiger partial charge in [0.15, 0.2) is 11.3 Å². The summed E-state index contributed by atoms with van der Waals surface area (Å²) in [6.45, 7) is 3.30. The monoisotopic (exact) mass is 450 g/mol. The number of carbonyl (C=O) groups excluding carboxylic acids is 2. The molecule has 0 bridgehead atoms. The van der Waals surface area contributed by atoms with Gasteiger partial charge in [-0.2, -0.15) is 0 Å². The molecule has 0 unspecified atom stereocenters. The van der Waals surface area contributed by atoms with Gasteiger partial charge in [0, 0.05) is 16.8 Å². The SMILES string of the molecule is COc1ccc(C2=NOC(C)(C)C2=O)cc1-c1ccc(NC(=O)c2c(F)cccc2F)cc1. The Morgan fingerprint density at radius 1 is 1.00 bits per heavy atom. The summed E-state index contributed by atoms with van der Waals surface area (Å²) in [5, 5.41) is 6.42. The van der Waals surface area contributed by atoms with Crippen molar-refractivity contribution in [2.24, 2.45) is 5.16 Å². The van der Waals surface area contributed by atoms with E-state index in [1.807, 2.05) is 0 Å². The third-order valence-electron chi connectivity index (χ3n) is 5.24. The normalized spacial score (nSPS) is 14.5. The molecule has 0 spiro atoms. The molecule has 0 fully saturated rings. The van der Waals surface area contributed by atoms with E-state index in [0.717, 1.165) is 17.7 Å². The fourth-order valence-corrected chi connectivity index (χ4v) is 3.43. The van der Waals surface area contributed by atoms with Crippen molar-refractivity contribution in [1.82, 2.24) is 0 Å². The van der Waals surface area contributed by atoms with Gasteiger partial charge < -0.3 is 14.9 Å². The minimum atomic E-state index is -1.02. The van der Waals surface area contributed by atoms with Gasteiger partial charge in [-0.05, 0) is 61.9 Å². The summed E-state index contributed by atoms with van der Waals surface area (Å²) in [5.74, 6) is -2.44. The van der Waals surface area contributed by atoms with Crippen molar-refractivity contribution in [2.45, 2.75) is 19.4 Å². The second kappa shape index (κ2) is 8.46. The zero-order chi connectivity index (χ0) is 23.8. The third-order valence-corrected chi connectivity index (χ3v) is 5.24. The van der Waals surface area contributed by atoms with Gasteiger partial charge in [0.2, 0.25) is 5.78 Å². The van der Waals surface area contributed by atoms with Gasteiger partial charge in [-0.15, -0.1) is 0 Å². The average molecular weight is 450 g/mol. The number of benzene rings is 3. The standard InChI is InChI=1S/C25H20F2N2O4/c1-25(2)23(30)22(29-33-25)15-9-12-20(32-3)17(13-15)14-7-10-16(11-8-14)28-24(31)21-18(26)5-4-6-19(21)27/h4-13H,1-3H3,(H,28,31). The summed E-state index contributed by atoms with van der Waals surface area (Å²) in [6, 6.07) is 15.1. The quantitative estimate of drug-likeness (QED) is 0.595. The summed E-state index contributed by atoms with van der Waals surface area (Å²) in [4.78, 5) is 30.1. The number of halogens is 2. The van der Waals surface area contributed by atoms with Gasteiger partial charge in [-0.1, -0.05) is 23.4 Å². The molecule has 168 valence electrons. The number of ether oxygens (including phenoxy) is 1. The maximum atomic E-state index is 13.9. The number of anilines is 1. The highest BCUT2D eigenvalue weighted by Crippen LogP contribution is 2.33. The molecule has 3 aromatic carbocycles. The van der Waals surface area contributed by atoms with Crippen LogP contribution in [0.25, 0.3) is 11.1 Å². The molecule has 0 saturated carbocycles. The lowest BCUT2D eigenvalue weighted by molar-refractivity contribution is -0.128. The first-order valence-corrected chi connectivity index (χ1v) is 10.1. The van der Waals surface area contributed by atoms with E-state index >= 15 is 0 Å². The van der Waals surface area contributed by atoms with Crippen LogP contribution in [0.2, 0.25) is 0 Å². The van der Waals surface area contributed by atoms with Crippen LogP contribution in [0.15, 0.2) is 65.8 Å². The molecule has 8 heteroatoms. The Balaban J connectivity index is 1.61. The molecule has 1 N–H and O–H groups in total. The molecule has 4 rings (SSSR count). The molecule has 3 aromatic rings. The van der Waals surface area contributed by atoms with E-state index in [4.69, 9.17) is 9.57 Å². The Labute approximate surface area is 188 Å². The summed E-state index contributed by atoms with van der Waals surface area (Å²) in [7, 11) is 1.53. The highest BCUT2D eigenvalue weighted by Gasteiger charge is 2.40. The summed E-state index contributed by atoms with van der Waals surface area (Å²) in [6.07, 6.45) is 0. The Morgan fingerprint density at radius 3 is 2.21 bits per heavy atom. The van der Waals surface area contributed by atoms with Crippen LogP contribution in [0.1, 0.15) is 29.8 Å². The number of rotatable bonds is 5. The Hall–Kier alpha value is -4.07. The first kappa shape index (κ1) is 22.1. The van der Waals surface area contributed by atoms with E-state index in [1.165, 1.54) is 13.2 Å². The molecule has 0 aliphatic carbocycles. The molecule has 0 radical (unpaired) electrons. The second-order valence-corrected chi connectivity index (χ2v) is 7.91. The van der Waals surface area contributed by atoms with Crippen LogP contribution in [0.5, 0.6) is 5.75 Å². The number of hydrogen-bond acceptors (Lipinski definition) is 5. The molecule has 6 nitrogen and oxygen atoms in total. The molecule has 0 saturated heterocycles. The topological polar surface area (TPSA) is 77.0 Å². The summed E-state index contributed by atoms with van der Waals surface area (Å²) < 4.78 is 33.2. The molecule has 0 aromatic heterocycles. The molecule has 1 amide bonds. The van der Waals surface area contributed by atoms with Crippen LogP contribution >= 0.6 is 0 Å². The largest absolute Gasteiger partial charge is 0.496 e. The van der Waals surface area contributed by atoms with Gasteiger partial charge in [0.25, 0.3) is 5.91 Å². The number of oxime groups is 1. The Morgan fingerprint density at radius 2 is 1.64 bits per heavy atom. The molecule has 1 aliphatic heterocycles. The fraction of sp³-hybridized carbons (Fsp3) is 0.160. The van der Waals surface area contributed by atoms with E-state index in [1.54, 1.807) is 56.3 Å². The van der Waals surface area contributed by atoms with Gasteiger partial charge in [-0.25, -0.2) is 8.78 Å². The summed E-state index contributed by atoms with van der Waals surface area (Å²) >= 11 is 0. The lowest BCUT2D eigenvalue weighted by atomic mass is 9.93. The average Bonchev–Trinajstić information content (AvgIpc) is 3.06. The number of carbonyl (C=O) groups is 2. The number of Topliss-reactive ketones (excluding diaryl/α,β-unsaturated/α-hetero) is 1. The Bertz CT molecular complexity index is 1260. The molecular weight excluding hydrogens is 430 g/mol. The highest BCUT2D eigenvalue weighted by atomic mass is 19.1. The van der Waals surface area contributed by atoms with Crippen molar-refractivity contribution in [3.05, 3.63) is 83.4 Å². The van der Waals surface area contributed by atoms with Crippen molar-refractivity contribution in [2.75, 3.05) is 12.4 Å². The van der Waals surface area contributed by atoms with Crippen LogP contribution in [-0.2, 0) is 9.63 Å². The lowest BCUT2D eigenvalue weighted by Crippen LogP contribution is -2.33. The van der Waals surface area contributed by atoms with Crippen LogP contribution in [0.4, 0.5) is 14.5 Å². The van der Waals surface area contributed by atoms with Crippen LogP contribution in [-0.4, -0.2) is 30.1 Å². The maximum Gasteiger partial charge on any atom is 0.261 e. The maximum absolute atomic E-state index is 13.9. The Kier molecular flexibility index (Phi) is 5.68. The number of nitrogens with zero attached hydrogens (tertiary/aromatic N) is 1. The predicted octanol–water partition coefficient (Wildman–Crippen LogP) is 4.97. The van der Waals surface area contributed by atoms with Gasteiger partial charge in [0.1, 0.15) is 22.9 Å². The van der Waals surface area contributed by atoms with E-state index in [9.17, 15) is 18.4 Å². The minimum Gasteiger partial charge on any atom is -0.496 e. The number of hydrogen-bond donors (Lipinski definition) is 1. The molecular formula is C25H20F2N2O4. The number of nitrogens with one attached hydrogen (secondary N) is 1. The zero-order valence-corrected chi connectivity index (χ0v) is 18.1. The fourth-order valence-electron chi connectivity index (χ4n) is 3.43. The zero-order valence-electron chi connectivity index (χ0n) is 18.1. The highest BCUT2D eigenvalue weighted by molar-refractivity contribution is 6.49. The van der Waals surface area contributed by atoms with Crippen LogP contribution in [0.3, 0.4) is 0 Å². The van der Waals surface area contributed by atoms with Gasteiger partial charge >= 0.3 is 0 Å². The van der Waals surface area contributed by atoms with Crippen molar-refractivity contribution >= 4 is 23.1 Å². The minimum absolute atomic E-state index is 0.222. The number of ketones is 1. The second-order valence-electron chi connectivity index (χ2n) is 7.91. The van der Waals surface area contributed by atoms with Crippen LogP contribution < -0.4 is 10.1 Å². The van der Waals surface area contributed by atoms with Gasteiger partial charge in [-0.3, -0.25) is 9.59 Å². The lowest BCUT2D eigenvalue weighted by Gasteiger charge is -2.13. The van der Waals surface area contributed by atoms with Gasteiger partial charge in [0.05, 0.1) is 7.11 Å². The number of methoxy groups -OCH3 is 1. The van der Waals surface area contributed by atoms with E-state index in [2.05, 4.69) is 10.5 Å². The first-order valence-electron chi connectivity index (χ1n) is 10.1. The molecule has 33 heavy (non-hydrogen) atoms. The summed E-state index contributed by atoms with van der Waals surface area (Å²) in [5.41, 5.74) is 0.902. The molecule has 0 atom stereocenters. The predicted molar refractivity (Wildman–Crippen MR) is 119 cm³/mol. The van der Waals surface area contributed by atoms with E-state index in [-0.39, 0.29) is 11.5 Å². The van der Waals surface area contributed by atoms with E-state index in [0.29, 0.717) is 22.6 Å². The molecule has 1 aliphatic rings. The first-order chi connectivity index (χ1) is 15.7. The molecule has 1 heterocycles. The van der Waals surface area contributed by atoms with Crippen molar-refractivity contribution in [3.63, 3.8) is 0 Å². The third kappa shape index (κ3) is 4.19. The van der Waals surface area contributed by atoms with E-state index < -0.39 is 28.7 Å².